The van der Waals surface area contributed by atoms with Gasteiger partial charge in [-0.25, -0.2) is 13.6 Å². The molecule has 9 heteroatoms. The second-order valence-electron chi connectivity index (χ2n) is 6.39. The van der Waals surface area contributed by atoms with Gasteiger partial charge in [0, 0.05) is 22.5 Å². The summed E-state index contributed by atoms with van der Waals surface area (Å²) in [5.74, 6) is -0.133. The van der Waals surface area contributed by atoms with Gasteiger partial charge in [-0.3, -0.25) is 10.2 Å². The molecule has 8 nitrogen and oxygen atoms in total. The van der Waals surface area contributed by atoms with Crippen LogP contribution < -0.4 is 21.5 Å². The number of hydrogen-bond donors (Lipinski definition) is 5. The number of nitrogens with one attached hydrogen (secondary N) is 3. The van der Waals surface area contributed by atoms with Gasteiger partial charge in [-0.15, -0.1) is 0 Å². The second-order valence-corrected chi connectivity index (χ2v) is 7.95. The number of carbonyl (C=O) groups excluding carboxylic acids is 1. The topological polar surface area (TPSA) is 151 Å². The smallest absolute Gasteiger partial charge is 0.241 e. The van der Waals surface area contributed by atoms with Crippen LogP contribution in [0.5, 0.6) is 0 Å². The maximum Gasteiger partial charge on any atom is 0.241 e. The van der Waals surface area contributed by atoms with Crippen molar-refractivity contribution in [3.05, 3.63) is 53.6 Å². The van der Waals surface area contributed by atoms with E-state index in [9.17, 15) is 13.2 Å². The van der Waals surface area contributed by atoms with Crippen LogP contribution in [0.3, 0.4) is 0 Å². The maximum absolute atomic E-state index is 12.3. The highest BCUT2D eigenvalue weighted by Crippen LogP contribution is 2.23. The minimum absolute atomic E-state index is 0.0353. The molecule has 1 atom stereocenters. The Kier molecular flexibility index (Phi) is 5.26. The van der Waals surface area contributed by atoms with Crippen LogP contribution >= 0.6 is 0 Å². The summed E-state index contributed by atoms with van der Waals surface area (Å²) in [6, 6.07) is 10.4. The van der Waals surface area contributed by atoms with Crippen LogP contribution in [-0.4, -0.2) is 32.6 Å². The molecule has 142 valence electrons. The van der Waals surface area contributed by atoms with E-state index < -0.39 is 10.0 Å². The summed E-state index contributed by atoms with van der Waals surface area (Å²) in [5, 5.41) is 19.5. The number of anilines is 2. The Balaban J connectivity index is 1.87. The SMILES string of the molecule is N=C(c1cccc(S(N)(=O)=O)c1)c1cc(NC(=O)C2CCCN2)ccc1N. The quantitative estimate of drug-likeness (QED) is 0.383. The van der Waals surface area contributed by atoms with E-state index in [1.54, 1.807) is 24.3 Å². The van der Waals surface area contributed by atoms with Gasteiger partial charge in [-0.2, -0.15) is 0 Å². The van der Waals surface area contributed by atoms with Crippen LogP contribution in [0.15, 0.2) is 47.4 Å². The Morgan fingerprint density at radius 2 is 2.00 bits per heavy atom. The summed E-state index contributed by atoms with van der Waals surface area (Å²) in [4.78, 5) is 12.2. The number of primary sulfonamides is 1. The van der Waals surface area contributed by atoms with Crippen molar-refractivity contribution < 1.29 is 13.2 Å². The Bertz CT molecular complexity index is 998. The first kappa shape index (κ1) is 19.0. The molecule has 27 heavy (non-hydrogen) atoms. The highest BCUT2D eigenvalue weighted by atomic mass is 32.2. The van der Waals surface area contributed by atoms with Gasteiger partial charge in [-0.05, 0) is 49.7 Å². The highest BCUT2D eigenvalue weighted by Gasteiger charge is 2.22. The van der Waals surface area contributed by atoms with Crippen LogP contribution in [0.4, 0.5) is 11.4 Å². The van der Waals surface area contributed by atoms with Crippen molar-refractivity contribution in [2.45, 2.75) is 23.8 Å². The molecule has 1 unspecified atom stereocenters. The number of hydrogen-bond acceptors (Lipinski definition) is 6. The van der Waals surface area contributed by atoms with E-state index in [-0.39, 0.29) is 22.6 Å². The van der Waals surface area contributed by atoms with Gasteiger partial charge in [-0.1, -0.05) is 12.1 Å². The standard InChI is InChI=1S/C18H21N5O3S/c19-15-7-6-12(23-18(24)16-5-2-8-22-16)10-14(15)17(20)11-3-1-4-13(9-11)27(21,25)26/h1,3-4,6-7,9-10,16,20,22H,2,5,8,19H2,(H,23,24)(H2,21,25,26). The Morgan fingerprint density at radius 1 is 1.22 bits per heavy atom. The van der Waals surface area contributed by atoms with E-state index in [4.69, 9.17) is 16.3 Å². The first-order valence-electron chi connectivity index (χ1n) is 8.41. The van der Waals surface area contributed by atoms with Crippen molar-refractivity contribution in [3.8, 4) is 0 Å². The number of rotatable bonds is 5. The van der Waals surface area contributed by atoms with Crippen LogP contribution in [0.2, 0.25) is 0 Å². The minimum atomic E-state index is -3.88. The number of nitrogens with two attached hydrogens (primary N) is 2. The Labute approximate surface area is 157 Å². The molecular formula is C18H21N5O3S. The van der Waals surface area contributed by atoms with Gasteiger partial charge < -0.3 is 16.4 Å². The molecule has 0 radical (unpaired) electrons. The third-order valence-corrected chi connectivity index (χ3v) is 5.33. The van der Waals surface area contributed by atoms with Crippen molar-refractivity contribution >= 4 is 33.0 Å². The molecule has 1 aliphatic rings. The molecule has 1 saturated heterocycles. The molecule has 0 saturated carbocycles. The highest BCUT2D eigenvalue weighted by molar-refractivity contribution is 7.89. The summed E-state index contributed by atoms with van der Waals surface area (Å²) in [6.07, 6.45) is 1.74. The second kappa shape index (κ2) is 7.47. The van der Waals surface area contributed by atoms with Gasteiger partial charge in [0.1, 0.15) is 0 Å². The van der Waals surface area contributed by atoms with Gasteiger partial charge >= 0.3 is 0 Å². The average Bonchev–Trinajstić information content (AvgIpc) is 3.17. The van der Waals surface area contributed by atoms with Crippen molar-refractivity contribution in [2.24, 2.45) is 5.14 Å². The third-order valence-electron chi connectivity index (χ3n) is 4.42. The number of amides is 1. The van der Waals surface area contributed by atoms with Crippen LogP contribution in [0.1, 0.15) is 24.0 Å². The predicted molar refractivity (Wildman–Crippen MR) is 104 cm³/mol. The summed E-state index contributed by atoms with van der Waals surface area (Å²) < 4.78 is 23.1. The summed E-state index contributed by atoms with van der Waals surface area (Å²) in [6.45, 7) is 0.816. The Hall–Kier alpha value is -2.75. The van der Waals surface area contributed by atoms with E-state index in [0.717, 1.165) is 19.4 Å². The van der Waals surface area contributed by atoms with Crippen molar-refractivity contribution in [2.75, 3.05) is 17.6 Å². The fourth-order valence-electron chi connectivity index (χ4n) is 2.97. The monoisotopic (exact) mass is 387 g/mol. The van der Waals surface area contributed by atoms with E-state index in [1.807, 2.05) is 0 Å². The lowest BCUT2D eigenvalue weighted by Gasteiger charge is -2.14. The van der Waals surface area contributed by atoms with Crippen LogP contribution in [-0.2, 0) is 14.8 Å². The lowest BCUT2D eigenvalue weighted by atomic mass is 10.00. The maximum atomic E-state index is 12.3. The van der Waals surface area contributed by atoms with Crippen molar-refractivity contribution in [1.29, 1.82) is 5.41 Å². The number of carbonyl (C=O) groups is 1. The molecule has 7 N–H and O–H groups in total. The molecule has 0 bridgehead atoms. The van der Waals surface area contributed by atoms with Gasteiger partial charge in [0.2, 0.25) is 15.9 Å². The first-order chi connectivity index (χ1) is 12.8. The van der Waals surface area contributed by atoms with E-state index in [1.165, 1.54) is 18.2 Å². The summed E-state index contributed by atoms with van der Waals surface area (Å²) >= 11 is 0. The molecule has 2 aromatic carbocycles. The third kappa shape index (κ3) is 4.33. The Morgan fingerprint density at radius 3 is 2.67 bits per heavy atom. The fourth-order valence-corrected chi connectivity index (χ4v) is 3.53. The average molecular weight is 387 g/mol. The van der Waals surface area contributed by atoms with E-state index in [0.29, 0.717) is 22.5 Å². The lowest BCUT2D eigenvalue weighted by Crippen LogP contribution is -2.35. The largest absolute Gasteiger partial charge is 0.398 e. The number of benzene rings is 2. The molecule has 0 aromatic heterocycles. The molecule has 2 aromatic rings. The normalized spacial score (nSPS) is 16.9. The van der Waals surface area contributed by atoms with Gasteiger partial charge in [0.05, 0.1) is 16.6 Å². The molecule has 1 amide bonds. The van der Waals surface area contributed by atoms with Crippen LogP contribution in [0.25, 0.3) is 0 Å². The van der Waals surface area contributed by atoms with E-state index in [2.05, 4.69) is 10.6 Å². The molecule has 1 fully saturated rings. The fraction of sp³-hybridized carbons (Fsp3) is 0.222. The molecule has 0 aliphatic carbocycles. The zero-order valence-corrected chi connectivity index (χ0v) is 15.3. The molecule has 1 aliphatic heterocycles. The predicted octanol–water partition coefficient (Wildman–Crippen LogP) is 1.02. The van der Waals surface area contributed by atoms with Crippen molar-refractivity contribution in [1.82, 2.24) is 5.32 Å². The molecule has 1 heterocycles. The van der Waals surface area contributed by atoms with Gasteiger partial charge in [0.15, 0.2) is 0 Å². The first-order valence-corrected chi connectivity index (χ1v) is 9.96. The van der Waals surface area contributed by atoms with Crippen LogP contribution in [0, 0.1) is 5.41 Å². The van der Waals surface area contributed by atoms with Crippen molar-refractivity contribution in [3.63, 3.8) is 0 Å². The number of sulfonamides is 1. The summed E-state index contributed by atoms with van der Waals surface area (Å²) in [7, 11) is -3.88. The number of nitrogen functional groups attached to an aromatic ring is 1. The summed E-state index contributed by atoms with van der Waals surface area (Å²) in [5.41, 5.74) is 7.64. The zero-order valence-electron chi connectivity index (χ0n) is 14.5. The lowest BCUT2D eigenvalue weighted by molar-refractivity contribution is -0.117. The molecular weight excluding hydrogens is 366 g/mol. The van der Waals surface area contributed by atoms with Gasteiger partial charge in [0.25, 0.3) is 0 Å². The minimum Gasteiger partial charge on any atom is -0.398 e. The zero-order chi connectivity index (χ0) is 19.6. The molecule has 3 rings (SSSR count). The van der Waals surface area contributed by atoms with E-state index >= 15 is 0 Å². The molecule has 0 spiro atoms.